The smallest absolute Gasteiger partial charge is 0.326 e. The van der Waals surface area contributed by atoms with Crippen molar-refractivity contribution < 1.29 is 14.7 Å². The van der Waals surface area contributed by atoms with Crippen molar-refractivity contribution in [3.63, 3.8) is 0 Å². The molecule has 1 fully saturated rings. The molecule has 0 aliphatic carbocycles. The van der Waals surface area contributed by atoms with Crippen molar-refractivity contribution in [2.75, 3.05) is 6.54 Å². The number of carboxylic acid groups (broad SMARTS) is 1. The molecule has 1 N–H and O–H groups in total. The van der Waals surface area contributed by atoms with Crippen molar-refractivity contribution in [3.8, 4) is 0 Å². The fourth-order valence-corrected chi connectivity index (χ4v) is 3.57. The zero-order chi connectivity index (χ0) is 16.5. The third-order valence-electron chi connectivity index (χ3n) is 4.00. The lowest BCUT2D eigenvalue weighted by atomic mass is 9.92. The van der Waals surface area contributed by atoms with Gasteiger partial charge in [-0.2, -0.15) is 0 Å². The zero-order valence-corrected chi connectivity index (χ0v) is 14.4. The van der Waals surface area contributed by atoms with Crippen molar-refractivity contribution in [3.05, 3.63) is 16.1 Å². The quantitative estimate of drug-likeness (QED) is 0.928. The molecule has 2 heterocycles. The van der Waals surface area contributed by atoms with Crippen LogP contribution in [0.5, 0.6) is 0 Å². The average molecular weight is 324 g/mol. The van der Waals surface area contributed by atoms with Crippen molar-refractivity contribution in [1.29, 1.82) is 0 Å². The average Bonchev–Trinajstić information content (AvgIpc) is 2.86. The van der Waals surface area contributed by atoms with Gasteiger partial charge in [0.1, 0.15) is 6.04 Å². The summed E-state index contributed by atoms with van der Waals surface area (Å²) < 4.78 is 0. The molecule has 0 aromatic carbocycles. The fourth-order valence-electron chi connectivity index (χ4n) is 2.66. The second-order valence-electron chi connectivity index (χ2n) is 7.14. The lowest BCUT2D eigenvalue weighted by molar-refractivity contribution is -0.152. The third kappa shape index (κ3) is 3.85. The van der Waals surface area contributed by atoms with Crippen LogP contribution in [-0.2, 0) is 21.4 Å². The highest BCUT2D eigenvalue weighted by Gasteiger charge is 2.34. The number of hydrogen-bond acceptors (Lipinski definition) is 4. The van der Waals surface area contributed by atoms with Crippen LogP contribution in [-0.4, -0.2) is 39.5 Å². The van der Waals surface area contributed by atoms with Crippen LogP contribution >= 0.6 is 11.3 Å². The van der Waals surface area contributed by atoms with E-state index in [0.29, 0.717) is 18.9 Å². The fraction of sp³-hybridized carbons (Fsp3) is 0.688. The Labute approximate surface area is 135 Å². The van der Waals surface area contributed by atoms with E-state index >= 15 is 0 Å². The normalized spacial score (nSPS) is 22.6. The van der Waals surface area contributed by atoms with Gasteiger partial charge in [-0.25, -0.2) is 9.78 Å². The van der Waals surface area contributed by atoms with Gasteiger partial charge in [0.05, 0.1) is 17.1 Å². The van der Waals surface area contributed by atoms with Gasteiger partial charge in [-0.15, -0.1) is 11.3 Å². The predicted molar refractivity (Wildman–Crippen MR) is 86.1 cm³/mol. The molecule has 0 radical (unpaired) electrons. The van der Waals surface area contributed by atoms with Gasteiger partial charge in [-0.3, -0.25) is 4.79 Å². The monoisotopic (exact) mass is 324 g/mol. The Balaban J connectivity index is 2.07. The third-order valence-corrected chi connectivity index (χ3v) is 5.31. The summed E-state index contributed by atoms with van der Waals surface area (Å²) in [6.07, 6.45) is 1.58. The van der Waals surface area contributed by atoms with Crippen LogP contribution in [0.1, 0.15) is 51.2 Å². The van der Waals surface area contributed by atoms with Crippen molar-refractivity contribution in [2.45, 2.75) is 58.4 Å². The number of aliphatic carboxylic acids is 1. The minimum absolute atomic E-state index is 0.0316. The van der Waals surface area contributed by atoms with Gasteiger partial charge in [0.2, 0.25) is 5.91 Å². The predicted octanol–water partition coefficient (Wildman–Crippen LogP) is 2.69. The van der Waals surface area contributed by atoms with Crippen LogP contribution < -0.4 is 0 Å². The number of thiazole rings is 1. The van der Waals surface area contributed by atoms with Gasteiger partial charge in [0.15, 0.2) is 0 Å². The van der Waals surface area contributed by atoms with Crippen LogP contribution in [0.3, 0.4) is 0 Å². The maximum absolute atomic E-state index is 12.5. The molecule has 1 amide bonds. The highest BCUT2D eigenvalue weighted by molar-refractivity contribution is 7.09. The molecule has 5 nitrogen and oxygen atoms in total. The lowest BCUT2D eigenvalue weighted by Crippen LogP contribution is -2.50. The second-order valence-corrected chi connectivity index (χ2v) is 8.00. The molecule has 1 saturated heterocycles. The Morgan fingerprint density at radius 2 is 2.14 bits per heavy atom. The number of amides is 1. The summed E-state index contributed by atoms with van der Waals surface area (Å²) in [5.74, 6) is -0.699. The summed E-state index contributed by atoms with van der Waals surface area (Å²) in [4.78, 5) is 29.9. The summed E-state index contributed by atoms with van der Waals surface area (Å²) in [5.41, 5.74) is 0.707. The van der Waals surface area contributed by atoms with E-state index in [9.17, 15) is 14.7 Å². The van der Waals surface area contributed by atoms with Gasteiger partial charge in [0, 0.05) is 17.3 Å². The minimum atomic E-state index is -0.909. The maximum atomic E-state index is 12.5. The van der Waals surface area contributed by atoms with E-state index in [1.807, 2.05) is 12.3 Å². The number of piperidine rings is 1. The molecule has 22 heavy (non-hydrogen) atoms. The number of hydrogen-bond donors (Lipinski definition) is 1. The van der Waals surface area contributed by atoms with Gasteiger partial charge in [-0.05, 0) is 18.8 Å². The van der Waals surface area contributed by atoms with Crippen LogP contribution in [0, 0.1) is 5.92 Å². The molecular weight excluding hydrogens is 300 g/mol. The van der Waals surface area contributed by atoms with E-state index in [-0.39, 0.29) is 17.7 Å². The SMILES string of the molecule is CC1CCN(C(=O)Cc2csc(C(C)(C)C)n2)C(C(=O)O)C1. The Morgan fingerprint density at radius 1 is 1.45 bits per heavy atom. The number of carbonyl (C=O) groups is 2. The summed E-state index contributed by atoms with van der Waals surface area (Å²) >= 11 is 1.55. The summed E-state index contributed by atoms with van der Waals surface area (Å²) in [7, 11) is 0. The lowest BCUT2D eigenvalue weighted by Gasteiger charge is -2.36. The van der Waals surface area contributed by atoms with Crippen molar-refractivity contribution >= 4 is 23.2 Å². The Bertz CT molecular complexity index is 562. The van der Waals surface area contributed by atoms with E-state index < -0.39 is 12.0 Å². The number of rotatable bonds is 3. The second kappa shape index (κ2) is 6.36. The van der Waals surface area contributed by atoms with Gasteiger partial charge in [0.25, 0.3) is 0 Å². The largest absolute Gasteiger partial charge is 0.480 e. The van der Waals surface area contributed by atoms with Gasteiger partial charge in [-0.1, -0.05) is 27.7 Å². The van der Waals surface area contributed by atoms with Crippen molar-refractivity contribution in [1.82, 2.24) is 9.88 Å². The number of likely N-dealkylation sites (tertiary alicyclic amines) is 1. The van der Waals surface area contributed by atoms with E-state index in [4.69, 9.17) is 0 Å². The van der Waals surface area contributed by atoms with Gasteiger partial charge < -0.3 is 10.0 Å². The Hall–Kier alpha value is -1.43. The number of carbonyl (C=O) groups excluding carboxylic acids is 1. The first-order valence-corrected chi connectivity index (χ1v) is 8.53. The molecule has 0 saturated carbocycles. The van der Waals surface area contributed by atoms with E-state index in [2.05, 4.69) is 25.8 Å². The highest BCUT2D eigenvalue weighted by atomic mass is 32.1. The Kier molecular flexibility index (Phi) is 4.90. The van der Waals surface area contributed by atoms with Crippen LogP contribution in [0.2, 0.25) is 0 Å². The first-order chi connectivity index (χ1) is 10.2. The molecular formula is C16H24N2O3S. The highest BCUT2D eigenvalue weighted by Crippen LogP contribution is 2.27. The van der Waals surface area contributed by atoms with E-state index in [1.165, 1.54) is 4.90 Å². The molecule has 2 atom stereocenters. The van der Waals surface area contributed by atoms with E-state index in [1.54, 1.807) is 11.3 Å². The molecule has 1 aliphatic heterocycles. The molecule has 2 rings (SSSR count). The standard InChI is InChI=1S/C16H24N2O3S/c1-10-5-6-18(12(7-10)14(20)21)13(19)8-11-9-22-15(17-11)16(2,3)4/h9-10,12H,5-8H2,1-4H3,(H,20,21). The number of aromatic nitrogens is 1. The number of nitrogens with zero attached hydrogens (tertiary/aromatic N) is 2. The molecule has 2 unspecified atom stereocenters. The topological polar surface area (TPSA) is 70.5 Å². The Morgan fingerprint density at radius 3 is 2.68 bits per heavy atom. The summed E-state index contributed by atoms with van der Waals surface area (Å²) in [5, 5.41) is 12.2. The van der Waals surface area contributed by atoms with Crippen LogP contribution in [0.4, 0.5) is 0 Å². The first kappa shape index (κ1) is 16.9. The van der Waals surface area contributed by atoms with E-state index in [0.717, 1.165) is 17.1 Å². The summed E-state index contributed by atoms with van der Waals surface area (Å²) in [6.45, 7) is 8.82. The van der Waals surface area contributed by atoms with Crippen LogP contribution in [0.15, 0.2) is 5.38 Å². The molecule has 0 spiro atoms. The molecule has 1 aromatic heterocycles. The molecule has 6 heteroatoms. The summed E-state index contributed by atoms with van der Waals surface area (Å²) in [6, 6.07) is -0.697. The van der Waals surface area contributed by atoms with Crippen LogP contribution in [0.25, 0.3) is 0 Å². The van der Waals surface area contributed by atoms with Crippen molar-refractivity contribution in [2.24, 2.45) is 5.92 Å². The zero-order valence-electron chi connectivity index (χ0n) is 13.6. The minimum Gasteiger partial charge on any atom is -0.480 e. The molecule has 1 aliphatic rings. The molecule has 122 valence electrons. The maximum Gasteiger partial charge on any atom is 0.326 e. The molecule has 0 bridgehead atoms. The molecule has 1 aromatic rings. The number of carboxylic acids is 1. The van der Waals surface area contributed by atoms with Gasteiger partial charge >= 0.3 is 5.97 Å². The first-order valence-electron chi connectivity index (χ1n) is 7.65.